The monoisotopic (exact) mass is 233 g/mol. The third kappa shape index (κ3) is 4.59. The zero-order chi connectivity index (χ0) is 12.8. The lowest BCUT2D eigenvalue weighted by Gasteiger charge is -2.13. The highest BCUT2D eigenvalue weighted by molar-refractivity contribution is 5.79. The van der Waals surface area contributed by atoms with E-state index >= 15 is 0 Å². The zero-order valence-electron chi connectivity index (χ0n) is 11.3. The van der Waals surface area contributed by atoms with Gasteiger partial charge in [-0.2, -0.15) is 0 Å². The number of hydrogen-bond acceptors (Lipinski definition) is 1. The van der Waals surface area contributed by atoms with Crippen molar-refractivity contribution in [3.05, 3.63) is 34.9 Å². The average Bonchev–Trinajstić information content (AvgIpc) is 2.22. The Labute approximate surface area is 104 Å². The first-order valence-corrected chi connectivity index (χ1v) is 6.38. The van der Waals surface area contributed by atoms with Crippen molar-refractivity contribution >= 4 is 5.91 Å². The predicted octanol–water partition coefficient (Wildman–Crippen LogP) is 3.15. The molecule has 1 unspecified atom stereocenters. The number of amides is 1. The molecule has 0 aliphatic heterocycles. The van der Waals surface area contributed by atoms with E-state index in [9.17, 15) is 4.79 Å². The van der Waals surface area contributed by atoms with E-state index in [0.717, 1.165) is 18.4 Å². The Kier molecular flexibility index (Phi) is 5.20. The minimum Gasteiger partial charge on any atom is -0.353 e. The molecule has 0 saturated heterocycles. The minimum absolute atomic E-state index is 0.123. The highest BCUT2D eigenvalue weighted by atomic mass is 16.1. The molecular weight excluding hydrogens is 210 g/mol. The topological polar surface area (TPSA) is 29.1 Å². The summed E-state index contributed by atoms with van der Waals surface area (Å²) in [5.41, 5.74) is 3.56. The molecule has 0 heterocycles. The van der Waals surface area contributed by atoms with E-state index in [2.05, 4.69) is 51.2 Å². The van der Waals surface area contributed by atoms with E-state index < -0.39 is 0 Å². The van der Waals surface area contributed by atoms with Crippen LogP contribution >= 0.6 is 0 Å². The quantitative estimate of drug-likeness (QED) is 0.831. The minimum atomic E-state index is 0.123. The van der Waals surface area contributed by atoms with E-state index in [-0.39, 0.29) is 11.9 Å². The van der Waals surface area contributed by atoms with Crippen molar-refractivity contribution in [1.82, 2.24) is 5.32 Å². The number of carbonyl (C=O) groups is 1. The summed E-state index contributed by atoms with van der Waals surface area (Å²) in [7, 11) is 0. The highest BCUT2D eigenvalue weighted by Gasteiger charge is 2.08. The first kappa shape index (κ1) is 13.8. The molecule has 1 aromatic carbocycles. The normalized spacial score (nSPS) is 12.2. The summed E-state index contributed by atoms with van der Waals surface area (Å²) in [5, 5.41) is 3.03. The third-order valence-corrected chi connectivity index (χ3v) is 2.98. The fourth-order valence-corrected chi connectivity index (χ4v) is 2.05. The molecule has 1 atom stereocenters. The number of carbonyl (C=O) groups excluding carboxylic acids is 1. The second-order valence-electron chi connectivity index (χ2n) is 4.86. The number of rotatable bonds is 5. The third-order valence-electron chi connectivity index (χ3n) is 2.98. The standard InChI is InChI=1S/C15H23NO/c1-5-6-13(4)16-15(17)10-14-8-7-11(2)9-12(14)3/h7-9,13H,5-6,10H2,1-4H3,(H,16,17). The molecule has 0 fully saturated rings. The molecule has 17 heavy (non-hydrogen) atoms. The van der Waals surface area contributed by atoms with Crippen molar-refractivity contribution in [3.8, 4) is 0 Å². The molecule has 1 amide bonds. The lowest BCUT2D eigenvalue weighted by Crippen LogP contribution is -2.33. The molecule has 94 valence electrons. The first-order valence-electron chi connectivity index (χ1n) is 6.38. The van der Waals surface area contributed by atoms with Gasteiger partial charge in [-0.25, -0.2) is 0 Å². The van der Waals surface area contributed by atoms with Gasteiger partial charge in [0.1, 0.15) is 0 Å². The van der Waals surface area contributed by atoms with E-state index in [0.29, 0.717) is 6.42 Å². The maximum Gasteiger partial charge on any atom is 0.224 e. The Morgan fingerprint density at radius 1 is 1.35 bits per heavy atom. The Balaban J connectivity index is 2.56. The van der Waals surface area contributed by atoms with Crippen LogP contribution in [0.15, 0.2) is 18.2 Å². The van der Waals surface area contributed by atoms with E-state index in [1.54, 1.807) is 0 Å². The molecule has 0 aliphatic carbocycles. The summed E-state index contributed by atoms with van der Waals surface area (Å²) >= 11 is 0. The first-order chi connectivity index (χ1) is 8.02. The lowest BCUT2D eigenvalue weighted by atomic mass is 10.0. The van der Waals surface area contributed by atoms with Crippen LogP contribution in [0.4, 0.5) is 0 Å². The van der Waals surface area contributed by atoms with Gasteiger partial charge in [-0.15, -0.1) is 0 Å². The van der Waals surface area contributed by atoms with Gasteiger partial charge in [-0.1, -0.05) is 37.1 Å². The molecule has 0 saturated carbocycles. The van der Waals surface area contributed by atoms with E-state index in [1.165, 1.54) is 11.1 Å². The second kappa shape index (κ2) is 6.43. The van der Waals surface area contributed by atoms with Gasteiger partial charge in [-0.05, 0) is 38.3 Å². The van der Waals surface area contributed by atoms with Crippen molar-refractivity contribution in [3.63, 3.8) is 0 Å². The van der Waals surface area contributed by atoms with Crippen LogP contribution in [0.25, 0.3) is 0 Å². The van der Waals surface area contributed by atoms with Crippen LogP contribution in [0.5, 0.6) is 0 Å². The summed E-state index contributed by atoms with van der Waals surface area (Å²) in [5.74, 6) is 0.123. The average molecular weight is 233 g/mol. The lowest BCUT2D eigenvalue weighted by molar-refractivity contribution is -0.121. The van der Waals surface area contributed by atoms with Crippen LogP contribution in [0, 0.1) is 13.8 Å². The van der Waals surface area contributed by atoms with Gasteiger partial charge in [0.25, 0.3) is 0 Å². The van der Waals surface area contributed by atoms with Crippen LogP contribution < -0.4 is 5.32 Å². The number of nitrogens with one attached hydrogen (secondary N) is 1. The second-order valence-corrected chi connectivity index (χ2v) is 4.86. The maximum absolute atomic E-state index is 11.8. The Hall–Kier alpha value is -1.31. The van der Waals surface area contributed by atoms with Gasteiger partial charge in [0, 0.05) is 6.04 Å². The number of benzene rings is 1. The predicted molar refractivity (Wildman–Crippen MR) is 72.1 cm³/mol. The molecule has 0 bridgehead atoms. The summed E-state index contributed by atoms with van der Waals surface area (Å²) < 4.78 is 0. The van der Waals surface area contributed by atoms with Crippen molar-refractivity contribution in [1.29, 1.82) is 0 Å². The SMILES string of the molecule is CCCC(C)NC(=O)Cc1ccc(C)cc1C. The fraction of sp³-hybridized carbons (Fsp3) is 0.533. The molecule has 1 N–H and O–H groups in total. The fourth-order valence-electron chi connectivity index (χ4n) is 2.05. The van der Waals surface area contributed by atoms with Crippen molar-refractivity contribution in [2.45, 2.75) is 53.0 Å². The molecule has 2 heteroatoms. The molecule has 0 radical (unpaired) electrons. The zero-order valence-corrected chi connectivity index (χ0v) is 11.3. The largest absolute Gasteiger partial charge is 0.353 e. The molecule has 0 aliphatic rings. The molecule has 1 rings (SSSR count). The molecule has 0 spiro atoms. The van der Waals surface area contributed by atoms with Crippen LogP contribution in [0.1, 0.15) is 43.4 Å². The van der Waals surface area contributed by atoms with Crippen molar-refractivity contribution in [2.75, 3.05) is 0 Å². The molecule has 1 aromatic rings. The highest BCUT2D eigenvalue weighted by Crippen LogP contribution is 2.11. The number of hydrogen-bond donors (Lipinski definition) is 1. The summed E-state index contributed by atoms with van der Waals surface area (Å²) in [6.45, 7) is 8.32. The van der Waals surface area contributed by atoms with Crippen LogP contribution in [-0.4, -0.2) is 11.9 Å². The molecular formula is C15H23NO. The van der Waals surface area contributed by atoms with Gasteiger partial charge in [-0.3, -0.25) is 4.79 Å². The molecule has 2 nitrogen and oxygen atoms in total. The van der Waals surface area contributed by atoms with E-state index in [4.69, 9.17) is 0 Å². The van der Waals surface area contributed by atoms with Gasteiger partial charge in [0.05, 0.1) is 6.42 Å². The van der Waals surface area contributed by atoms with Crippen LogP contribution in [0.3, 0.4) is 0 Å². The van der Waals surface area contributed by atoms with Crippen LogP contribution in [-0.2, 0) is 11.2 Å². The van der Waals surface area contributed by atoms with Crippen molar-refractivity contribution < 1.29 is 4.79 Å². The Morgan fingerprint density at radius 2 is 2.06 bits per heavy atom. The van der Waals surface area contributed by atoms with Gasteiger partial charge < -0.3 is 5.32 Å². The van der Waals surface area contributed by atoms with Gasteiger partial charge >= 0.3 is 0 Å². The summed E-state index contributed by atoms with van der Waals surface area (Å²) in [4.78, 5) is 11.8. The Bertz CT molecular complexity index is 385. The van der Waals surface area contributed by atoms with Crippen LogP contribution in [0.2, 0.25) is 0 Å². The summed E-state index contributed by atoms with van der Waals surface area (Å²) in [6, 6.07) is 6.51. The maximum atomic E-state index is 11.8. The Morgan fingerprint density at radius 3 is 2.65 bits per heavy atom. The summed E-state index contributed by atoms with van der Waals surface area (Å²) in [6.07, 6.45) is 2.63. The van der Waals surface area contributed by atoms with Crippen molar-refractivity contribution in [2.24, 2.45) is 0 Å². The smallest absolute Gasteiger partial charge is 0.224 e. The van der Waals surface area contributed by atoms with Gasteiger partial charge in [0.2, 0.25) is 5.91 Å². The molecule has 0 aromatic heterocycles. The van der Waals surface area contributed by atoms with E-state index in [1.807, 2.05) is 0 Å². The number of aryl methyl sites for hydroxylation is 2. The van der Waals surface area contributed by atoms with Gasteiger partial charge in [0.15, 0.2) is 0 Å².